The van der Waals surface area contributed by atoms with E-state index in [1.54, 1.807) is 7.11 Å². The van der Waals surface area contributed by atoms with Crippen LogP contribution >= 0.6 is 0 Å². The zero-order valence-corrected chi connectivity index (χ0v) is 10.4. The van der Waals surface area contributed by atoms with Crippen molar-refractivity contribution in [2.45, 2.75) is 45.8 Å². The predicted molar refractivity (Wildman–Crippen MR) is 60.9 cm³/mol. The summed E-state index contributed by atoms with van der Waals surface area (Å²) in [6, 6.07) is -0.177. The van der Waals surface area contributed by atoms with Gasteiger partial charge in [0, 0.05) is 13.5 Å². The van der Waals surface area contributed by atoms with E-state index in [0.717, 1.165) is 6.42 Å². The third kappa shape index (κ3) is 3.28. The fourth-order valence-electron chi connectivity index (χ4n) is 1.32. The normalized spacial score (nSPS) is 17.1. The molecular formula is C11H21N3O2. The highest BCUT2D eigenvalue weighted by atomic mass is 16.5. The second-order valence-electron chi connectivity index (χ2n) is 4.21. The van der Waals surface area contributed by atoms with E-state index in [1.807, 2.05) is 6.92 Å². The molecule has 16 heavy (non-hydrogen) atoms. The topological polar surface area (TPSA) is 74.2 Å². The summed E-state index contributed by atoms with van der Waals surface area (Å²) in [5.74, 6) is 1.52. The maximum Gasteiger partial charge on any atom is 0.243 e. The molecule has 1 heterocycles. The minimum Gasteiger partial charge on any atom is -0.381 e. The van der Waals surface area contributed by atoms with Gasteiger partial charge in [0.05, 0.1) is 12.1 Å². The molecule has 0 aliphatic heterocycles. The van der Waals surface area contributed by atoms with Crippen molar-refractivity contribution in [1.82, 2.24) is 10.1 Å². The van der Waals surface area contributed by atoms with Gasteiger partial charge in [0.25, 0.3) is 0 Å². The first kappa shape index (κ1) is 13.1. The Labute approximate surface area is 96.4 Å². The molecule has 0 aromatic carbocycles. The van der Waals surface area contributed by atoms with E-state index in [9.17, 15) is 0 Å². The summed E-state index contributed by atoms with van der Waals surface area (Å²) in [7, 11) is 1.66. The molecule has 1 aromatic rings. The van der Waals surface area contributed by atoms with Gasteiger partial charge in [-0.3, -0.25) is 0 Å². The van der Waals surface area contributed by atoms with Gasteiger partial charge in [-0.05, 0) is 12.8 Å². The van der Waals surface area contributed by atoms with Gasteiger partial charge in [0.2, 0.25) is 5.89 Å². The maximum absolute atomic E-state index is 6.00. The van der Waals surface area contributed by atoms with Crippen LogP contribution in [0.5, 0.6) is 0 Å². The zero-order valence-electron chi connectivity index (χ0n) is 10.4. The molecule has 0 aliphatic carbocycles. The smallest absolute Gasteiger partial charge is 0.243 e. The van der Waals surface area contributed by atoms with Crippen molar-refractivity contribution >= 4 is 0 Å². The third-order valence-electron chi connectivity index (χ3n) is 2.90. The van der Waals surface area contributed by atoms with E-state index in [2.05, 4.69) is 24.0 Å². The maximum atomic E-state index is 6.00. The van der Waals surface area contributed by atoms with E-state index < -0.39 is 0 Å². The number of nitrogens with zero attached hydrogens (tertiary/aromatic N) is 2. The number of methoxy groups -OCH3 is 1. The lowest BCUT2D eigenvalue weighted by Gasteiger charge is -2.13. The number of nitrogens with two attached hydrogens (primary N) is 1. The van der Waals surface area contributed by atoms with Gasteiger partial charge in [-0.15, -0.1) is 0 Å². The second kappa shape index (κ2) is 5.96. The molecule has 0 saturated heterocycles. The van der Waals surface area contributed by atoms with Crippen LogP contribution in [0.25, 0.3) is 0 Å². The summed E-state index contributed by atoms with van der Waals surface area (Å²) in [5, 5.41) is 3.90. The SMILES string of the molecule is CC[C@H](C)[C@H](N)c1nc(CC(C)OC)no1. The van der Waals surface area contributed by atoms with Gasteiger partial charge in [0.1, 0.15) is 0 Å². The fourth-order valence-corrected chi connectivity index (χ4v) is 1.32. The van der Waals surface area contributed by atoms with Crippen molar-refractivity contribution in [2.75, 3.05) is 7.11 Å². The summed E-state index contributed by atoms with van der Waals surface area (Å²) in [4.78, 5) is 4.28. The molecule has 0 radical (unpaired) electrons. The third-order valence-corrected chi connectivity index (χ3v) is 2.90. The Bertz CT molecular complexity index is 314. The molecule has 3 atom stereocenters. The second-order valence-corrected chi connectivity index (χ2v) is 4.21. The average Bonchev–Trinajstić information content (AvgIpc) is 2.75. The summed E-state index contributed by atoms with van der Waals surface area (Å²) < 4.78 is 10.3. The number of hydrogen-bond donors (Lipinski definition) is 1. The molecule has 92 valence electrons. The fraction of sp³-hybridized carbons (Fsp3) is 0.818. The van der Waals surface area contributed by atoms with Crippen LogP contribution in [0.15, 0.2) is 4.52 Å². The van der Waals surface area contributed by atoms with E-state index in [4.69, 9.17) is 15.0 Å². The van der Waals surface area contributed by atoms with Crippen molar-refractivity contribution < 1.29 is 9.26 Å². The van der Waals surface area contributed by atoms with Crippen LogP contribution in [0.4, 0.5) is 0 Å². The van der Waals surface area contributed by atoms with Crippen molar-refractivity contribution in [3.8, 4) is 0 Å². The first-order valence-electron chi connectivity index (χ1n) is 5.69. The van der Waals surface area contributed by atoms with E-state index in [1.165, 1.54) is 0 Å². The van der Waals surface area contributed by atoms with Crippen LogP contribution in [0, 0.1) is 5.92 Å². The summed E-state index contributed by atoms with van der Waals surface area (Å²) in [6.45, 7) is 6.13. The molecule has 0 aliphatic rings. The Balaban J connectivity index is 2.63. The largest absolute Gasteiger partial charge is 0.381 e. The standard InChI is InChI=1S/C11H21N3O2/c1-5-7(2)10(12)11-13-9(14-16-11)6-8(3)15-4/h7-8,10H,5-6,12H2,1-4H3/t7-,8?,10-/m0/s1. The lowest BCUT2D eigenvalue weighted by molar-refractivity contribution is 0.116. The van der Waals surface area contributed by atoms with Crippen LogP contribution in [0.1, 0.15) is 44.9 Å². The summed E-state index contributed by atoms with van der Waals surface area (Å²) in [6.07, 6.45) is 1.73. The summed E-state index contributed by atoms with van der Waals surface area (Å²) in [5.41, 5.74) is 6.00. The molecule has 5 heteroatoms. The van der Waals surface area contributed by atoms with Gasteiger partial charge in [0.15, 0.2) is 5.82 Å². The number of hydrogen-bond acceptors (Lipinski definition) is 5. The quantitative estimate of drug-likeness (QED) is 0.800. The Morgan fingerprint density at radius 1 is 1.44 bits per heavy atom. The minimum atomic E-state index is -0.177. The molecule has 0 saturated carbocycles. The van der Waals surface area contributed by atoms with Gasteiger partial charge in [-0.25, -0.2) is 0 Å². The highest BCUT2D eigenvalue weighted by Crippen LogP contribution is 2.20. The van der Waals surface area contributed by atoms with Crippen molar-refractivity contribution in [3.05, 3.63) is 11.7 Å². The molecule has 0 amide bonds. The van der Waals surface area contributed by atoms with Crippen molar-refractivity contribution in [3.63, 3.8) is 0 Å². The highest BCUT2D eigenvalue weighted by Gasteiger charge is 2.20. The van der Waals surface area contributed by atoms with Crippen molar-refractivity contribution in [2.24, 2.45) is 11.7 Å². The molecule has 0 spiro atoms. The number of aromatic nitrogens is 2. The Morgan fingerprint density at radius 2 is 2.12 bits per heavy atom. The Hall–Kier alpha value is -0.940. The molecule has 1 unspecified atom stereocenters. The molecule has 1 rings (SSSR count). The van der Waals surface area contributed by atoms with Crippen LogP contribution in [-0.4, -0.2) is 23.4 Å². The molecule has 1 aromatic heterocycles. The molecule has 2 N–H and O–H groups in total. The monoisotopic (exact) mass is 227 g/mol. The average molecular weight is 227 g/mol. The molecule has 0 bridgehead atoms. The first-order chi connectivity index (χ1) is 7.58. The lowest BCUT2D eigenvalue weighted by atomic mass is 10.0. The van der Waals surface area contributed by atoms with Crippen LogP contribution in [0.3, 0.4) is 0 Å². The highest BCUT2D eigenvalue weighted by molar-refractivity contribution is 4.94. The first-order valence-corrected chi connectivity index (χ1v) is 5.69. The number of ether oxygens (including phenoxy) is 1. The van der Waals surface area contributed by atoms with Gasteiger partial charge in [-0.2, -0.15) is 4.98 Å². The van der Waals surface area contributed by atoms with Crippen LogP contribution < -0.4 is 5.73 Å². The van der Waals surface area contributed by atoms with Gasteiger partial charge < -0.3 is 15.0 Å². The van der Waals surface area contributed by atoms with Crippen LogP contribution in [-0.2, 0) is 11.2 Å². The van der Waals surface area contributed by atoms with Gasteiger partial charge in [-0.1, -0.05) is 25.4 Å². The minimum absolute atomic E-state index is 0.0882. The predicted octanol–water partition coefficient (Wildman–Crippen LogP) is 1.69. The van der Waals surface area contributed by atoms with E-state index in [0.29, 0.717) is 24.1 Å². The molecule has 5 nitrogen and oxygen atoms in total. The number of rotatable bonds is 6. The van der Waals surface area contributed by atoms with Gasteiger partial charge >= 0.3 is 0 Å². The van der Waals surface area contributed by atoms with E-state index >= 15 is 0 Å². The molecular weight excluding hydrogens is 206 g/mol. The lowest BCUT2D eigenvalue weighted by Crippen LogP contribution is -2.19. The Kier molecular flexibility index (Phi) is 4.89. The summed E-state index contributed by atoms with van der Waals surface area (Å²) >= 11 is 0. The van der Waals surface area contributed by atoms with E-state index in [-0.39, 0.29) is 12.1 Å². The molecule has 0 fully saturated rings. The van der Waals surface area contributed by atoms with Crippen molar-refractivity contribution in [1.29, 1.82) is 0 Å². The zero-order chi connectivity index (χ0) is 12.1. The van der Waals surface area contributed by atoms with Crippen LogP contribution in [0.2, 0.25) is 0 Å². The Morgan fingerprint density at radius 3 is 2.69 bits per heavy atom.